The van der Waals surface area contributed by atoms with E-state index in [0.717, 1.165) is 6.92 Å². The van der Waals surface area contributed by atoms with Crippen LogP contribution in [0.4, 0.5) is 8.78 Å². The Morgan fingerprint density at radius 2 is 2.13 bits per heavy atom. The maximum atomic E-state index is 13.2. The highest BCUT2D eigenvalue weighted by Crippen LogP contribution is 2.22. The second kappa shape index (κ2) is 4.82. The Morgan fingerprint density at radius 1 is 1.53 bits per heavy atom. The summed E-state index contributed by atoms with van der Waals surface area (Å²) in [6.07, 6.45) is -6.77. The number of nitrogens with one attached hydrogen (secondary N) is 1. The van der Waals surface area contributed by atoms with Gasteiger partial charge in [-0.1, -0.05) is 0 Å². The molecular formula is C8H13F2NO4. The molecule has 3 N–H and O–H groups in total. The lowest BCUT2D eigenvalue weighted by Crippen LogP contribution is -2.62. The van der Waals surface area contributed by atoms with Gasteiger partial charge < -0.3 is 20.3 Å². The number of hydrogen-bond acceptors (Lipinski definition) is 4. The summed E-state index contributed by atoms with van der Waals surface area (Å²) in [4.78, 5) is 10.7. The molecule has 5 nitrogen and oxygen atoms in total. The summed E-state index contributed by atoms with van der Waals surface area (Å²) in [5, 5.41) is 20.8. The first-order valence-corrected chi connectivity index (χ1v) is 4.46. The van der Waals surface area contributed by atoms with Gasteiger partial charge >= 0.3 is 0 Å². The number of aliphatic hydroxyl groups excluding tert-OH is 2. The largest absolute Gasteiger partial charge is 0.388 e. The van der Waals surface area contributed by atoms with Gasteiger partial charge in [0.15, 0.2) is 12.5 Å². The van der Waals surface area contributed by atoms with Crippen molar-refractivity contribution in [1.29, 1.82) is 0 Å². The molecule has 0 unspecified atom stereocenters. The predicted molar refractivity (Wildman–Crippen MR) is 45.4 cm³/mol. The van der Waals surface area contributed by atoms with E-state index in [1.54, 1.807) is 0 Å². The maximum Gasteiger partial charge on any atom is 0.217 e. The van der Waals surface area contributed by atoms with E-state index >= 15 is 0 Å². The molecule has 0 spiro atoms. The van der Waals surface area contributed by atoms with Crippen LogP contribution in [0, 0.1) is 0 Å². The molecule has 0 aromatic heterocycles. The van der Waals surface area contributed by atoms with Gasteiger partial charge in [0.1, 0.15) is 24.9 Å². The van der Waals surface area contributed by atoms with E-state index in [4.69, 9.17) is 0 Å². The molecule has 1 rings (SSSR count). The number of alkyl halides is 2. The highest BCUT2D eigenvalue weighted by molar-refractivity contribution is 5.73. The van der Waals surface area contributed by atoms with Crippen LogP contribution < -0.4 is 5.32 Å². The van der Waals surface area contributed by atoms with E-state index in [9.17, 15) is 23.8 Å². The third-order valence-corrected chi connectivity index (χ3v) is 2.19. The summed E-state index contributed by atoms with van der Waals surface area (Å²) in [5.74, 6) is -0.549. The number of carbonyl (C=O) groups is 1. The number of rotatable bonds is 2. The van der Waals surface area contributed by atoms with Crippen LogP contribution in [0.25, 0.3) is 0 Å². The Kier molecular flexibility index (Phi) is 3.95. The Morgan fingerprint density at radius 3 is 2.60 bits per heavy atom. The van der Waals surface area contributed by atoms with E-state index in [0.29, 0.717) is 0 Å². The third kappa shape index (κ3) is 2.61. The molecule has 0 radical (unpaired) electrons. The SMILES string of the molecule is CC(=O)N[C@@H]1[C@@H](O)[C@@H](F)[C@@H](CF)O[C@@H]1O. The van der Waals surface area contributed by atoms with Gasteiger partial charge in [-0.3, -0.25) is 4.79 Å². The Bertz CT molecular complexity index is 241. The van der Waals surface area contributed by atoms with Crippen LogP contribution in [0.3, 0.4) is 0 Å². The van der Waals surface area contributed by atoms with Crippen LogP contribution >= 0.6 is 0 Å². The first kappa shape index (κ1) is 12.3. The monoisotopic (exact) mass is 225 g/mol. The quantitative estimate of drug-likeness (QED) is 0.556. The molecule has 7 heteroatoms. The fourth-order valence-corrected chi connectivity index (χ4v) is 1.44. The number of halogens is 2. The van der Waals surface area contributed by atoms with Crippen LogP contribution in [0.5, 0.6) is 0 Å². The number of amides is 1. The van der Waals surface area contributed by atoms with E-state index in [-0.39, 0.29) is 0 Å². The van der Waals surface area contributed by atoms with Crippen LogP contribution in [-0.2, 0) is 9.53 Å². The fourth-order valence-electron chi connectivity index (χ4n) is 1.44. The smallest absolute Gasteiger partial charge is 0.217 e. The van der Waals surface area contributed by atoms with Crippen molar-refractivity contribution in [3.8, 4) is 0 Å². The predicted octanol–water partition coefficient (Wildman–Crippen LogP) is -1.12. The second-order valence-electron chi connectivity index (χ2n) is 3.38. The zero-order chi connectivity index (χ0) is 11.6. The molecular weight excluding hydrogens is 212 g/mol. The molecule has 1 amide bonds. The minimum atomic E-state index is -1.98. The van der Waals surface area contributed by atoms with Gasteiger partial charge in [-0.15, -0.1) is 0 Å². The van der Waals surface area contributed by atoms with Crippen molar-refractivity contribution >= 4 is 5.91 Å². The first-order chi connectivity index (χ1) is 6.97. The van der Waals surface area contributed by atoms with Gasteiger partial charge in [-0.25, -0.2) is 8.78 Å². The average Bonchev–Trinajstić information content (AvgIpc) is 2.18. The number of ether oxygens (including phenoxy) is 1. The molecule has 1 aliphatic rings. The molecule has 0 aromatic carbocycles. The van der Waals surface area contributed by atoms with Crippen molar-refractivity contribution < 1.29 is 28.5 Å². The van der Waals surface area contributed by atoms with Crippen molar-refractivity contribution in [1.82, 2.24) is 5.32 Å². The van der Waals surface area contributed by atoms with Gasteiger partial charge in [0.25, 0.3) is 0 Å². The Hall–Kier alpha value is -0.790. The third-order valence-electron chi connectivity index (χ3n) is 2.19. The van der Waals surface area contributed by atoms with E-state index in [1.165, 1.54) is 0 Å². The zero-order valence-corrected chi connectivity index (χ0v) is 8.06. The van der Waals surface area contributed by atoms with E-state index in [2.05, 4.69) is 10.1 Å². The van der Waals surface area contributed by atoms with E-state index in [1.807, 2.05) is 0 Å². The number of carbonyl (C=O) groups excluding carboxylic acids is 1. The van der Waals surface area contributed by atoms with Crippen LogP contribution in [-0.4, -0.2) is 53.5 Å². The number of hydrogen-bond donors (Lipinski definition) is 3. The minimum absolute atomic E-state index is 0.549. The van der Waals surface area contributed by atoms with Crippen molar-refractivity contribution in [2.45, 2.75) is 37.6 Å². The van der Waals surface area contributed by atoms with Gasteiger partial charge in [0.2, 0.25) is 5.91 Å². The lowest BCUT2D eigenvalue weighted by atomic mass is 9.98. The highest BCUT2D eigenvalue weighted by Gasteiger charge is 2.45. The molecule has 0 aromatic rings. The molecule has 1 aliphatic heterocycles. The normalized spacial score (nSPS) is 41.3. The van der Waals surface area contributed by atoms with Gasteiger partial charge in [0, 0.05) is 6.92 Å². The fraction of sp³-hybridized carbons (Fsp3) is 0.875. The average molecular weight is 225 g/mol. The zero-order valence-electron chi connectivity index (χ0n) is 8.06. The van der Waals surface area contributed by atoms with Crippen molar-refractivity contribution in [3.05, 3.63) is 0 Å². The molecule has 15 heavy (non-hydrogen) atoms. The highest BCUT2D eigenvalue weighted by atomic mass is 19.1. The van der Waals surface area contributed by atoms with Gasteiger partial charge in [0.05, 0.1) is 0 Å². The molecule has 0 bridgehead atoms. The standard InChI is InChI=1S/C8H13F2NO4/c1-3(12)11-6-7(13)5(10)4(2-9)15-8(6)14/h4-8,13-14H,2H2,1H3,(H,11,12)/t4-,5+,6-,7+,8+/m1/s1. The molecule has 5 atom stereocenters. The molecule has 1 saturated heterocycles. The van der Waals surface area contributed by atoms with Crippen LogP contribution in [0.1, 0.15) is 6.92 Å². The molecule has 1 fully saturated rings. The Labute approximate surface area is 85.0 Å². The van der Waals surface area contributed by atoms with Crippen molar-refractivity contribution in [2.75, 3.05) is 6.67 Å². The topological polar surface area (TPSA) is 78.8 Å². The van der Waals surface area contributed by atoms with Gasteiger partial charge in [-0.05, 0) is 0 Å². The lowest BCUT2D eigenvalue weighted by molar-refractivity contribution is -0.236. The van der Waals surface area contributed by atoms with E-state index < -0.39 is 43.3 Å². The van der Waals surface area contributed by atoms with Crippen LogP contribution in [0.2, 0.25) is 0 Å². The molecule has 1 heterocycles. The second-order valence-corrected chi connectivity index (χ2v) is 3.38. The van der Waals surface area contributed by atoms with Crippen molar-refractivity contribution in [3.63, 3.8) is 0 Å². The minimum Gasteiger partial charge on any atom is -0.388 e. The van der Waals surface area contributed by atoms with Crippen LogP contribution in [0.15, 0.2) is 0 Å². The molecule has 0 saturated carbocycles. The summed E-state index contributed by atoms with van der Waals surface area (Å²) in [5.41, 5.74) is 0. The molecule has 88 valence electrons. The summed E-state index contributed by atoms with van der Waals surface area (Å²) in [7, 11) is 0. The van der Waals surface area contributed by atoms with Crippen molar-refractivity contribution in [2.24, 2.45) is 0 Å². The Balaban J connectivity index is 2.70. The van der Waals surface area contributed by atoms with Gasteiger partial charge in [-0.2, -0.15) is 0 Å². The number of aliphatic hydroxyl groups is 2. The summed E-state index contributed by atoms with van der Waals surface area (Å²) in [6, 6.07) is -1.28. The summed E-state index contributed by atoms with van der Waals surface area (Å²) < 4.78 is 30.0. The first-order valence-electron chi connectivity index (χ1n) is 4.46. The lowest BCUT2D eigenvalue weighted by Gasteiger charge is -2.38. The molecule has 0 aliphatic carbocycles. The summed E-state index contributed by atoms with van der Waals surface area (Å²) in [6.45, 7) is -0.00397. The maximum absolute atomic E-state index is 13.2. The summed E-state index contributed by atoms with van der Waals surface area (Å²) >= 11 is 0.